The van der Waals surface area contributed by atoms with Gasteiger partial charge < -0.3 is 14.5 Å². The summed E-state index contributed by atoms with van der Waals surface area (Å²) in [7, 11) is 0. The third-order valence-corrected chi connectivity index (χ3v) is 4.06. The highest BCUT2D eigenvalue weighted by molar-refractivity contribution is 6.33. The molecule has 0 N–H and O–H groups in total. The van der Waals surface area contributed by atoms with Crippen molar-refractivity contribution in [2.24, 2.45) is 0 Å². The topological polar surface area (TPSA) is 58.6 Å². The van der Waals surface area contributed by atoms with Gasteiger partial charge >= 0.3 is 6.09 Å². The van der Waals surface area contributed by atoms with Gasteiger partial charge in [-0.25, -0.2) is 14.8 Å². The van der Waals surface area contributed by atoms with Gasteiger partial charge in [0.1, 0.15) is 16.9 Å². The molecule has 1 aromatic carbocycles. The van der Waals surface area contributed by atoms with Gasteiger partial charge in [0.25, 0.3) is 0 Å². The molecule has 24 heavy (non-hydrogen) atoms. The second kappa shape index (κ2) is 7.68. The van der Waals surface area contributed by atoms with E-state index in [1.807, 2.05) is 35.2 Å². The molecule has 1 aliphatic heterocycles. The van der Waals surface area contributed by atoms with E-state index in [1.165, 1.54) is 6.07 Å². The molecule has 0 bridgehead atoms. The van der Waals surface area contributed by atoms with Gasteiger partial charge in [-0.1, -0.05) is 53.5 Å². The lowest BCUT2D eigenvalue weighted by atomic mass is 10.2. The Hall–Kier alpha value is -2.05. The molecular weight excluding hydrogens is 351 g/mol. The maximum absolute atomic E-state index is 12.1. The van der Waals surface area contributed by atoms with Crippen molar-refractivity contribution in [2.75, 3.05) is 31.1 Å². The number of nitrogens with zero attached hydrogens (tertiary/aromatic N) is 4. The van der Waals surface area contributed by atoms with Crippen molar-refractivity contribution in [1.29, 1.82) is 0 Å². The van der Waals surface area contributed by atoms with Crippen LogP contribution in [-0.2, 0) is 11.3 Å². The lowest BCUT2D eigenvalue weighted by molar-refractivity contribution is 0.0941. The number of hydrogen-bond acceptors (Lipinski definition) is 5. The molecule has 2 aromatic rings. The van der Waals surface area contributed by atoms with Crippen molar-refractivity contribution in [1.82, 2.24) is 14.9 Å². The predicted octanol–water partition coefficient (Wildman–Crippen LogP) is 3.24. The second-order valence-electron chi connectivity index (χ2n) is 5.33. The van der Waals surface area contributed by atoms with E-state index in [0.717, 1.165) is 5.56 Å². The molecule has 1 aliphatic rings. The zero-order valence-electron chi connectivity index (χ0n) is 12.9. The van der Waals surface area contributed by atoms with Crippen LogP contribution >= 0.6 is 23.2 Å². The molecule has 1 amide bonds. The number of ether oxygens (including phenoxy) is 1. The number of benzene rings is 1. The van der Waals surface area contributed by atoms with Crippen LogP contribution in [0.2, 0.25) is 10.3 Å². The number of amides is 1. The van der Waals surface area contributed by atoms with Crippen LogP contribution in [0.3, 0.4) is 0 Å². The molecule has 6 nitrogen and oxygen atoms in total. The quantitative estimate of drug-likeness (QED) is 0.780. The smallest absolute Gasteiger partial charge is 0.410 e. The number of anilines is 1. The molecule has 1 fully saturated rings. The van der Waals surface area contributed by atoms with E-state index in [-0.39, 0.29) is 12.7 Å². The monoisotopic (exact) mass is 366 g/mol. The van der Waals surface area contributed by atoms with Gasteiger partial charge in [0.2, 0.25) is 5.95 Å². The van der Waals surface area contributed by atoms with Crippen LogP contribution < -0.4 is 4.90 Å². The minimum Gasteiger partial charge on any atom is -0.445 e. The molecule has 0 unspecified atom stereocenters. The Labute approximate surface area is 150 Å². The number of halogens is 2. The minimum atomic E-state index is -0.316. The maximum Gasteiger partial charge on any atom is 0.410 e. The fourth-order valence-electron chi connectivity index (χ4n) is 2.42. The zero-order valence-corrected chi connectivity index (χ0v) is 14.4. The number of aromatic nitrogens is 2. The van der Waals surface area contributed by atoms with Crippen LogP contribution in [0.15, 0.2) is 36.4 Å². The van der Waals surface area contributed by atoms with E-state index in [0.29, 0.717) is 42.4 Å². The van der Waals surface area contributed by atoms with E-state index in [9.17, 15) is 4.79 Å². The summed E-state index contributed by atoms with van der Waals surface area (Å²) in [6, 6.07) is 11.1. The molecule has 0 atom stereocenters. The van der Waals surface area contributed by atoms with Gasteiger partial charge in [0, 0.05) is 32.2 Å². The van der Waals surface area contributed by atoms with E-state index in [4.69, 9.17) is 27.9 Å². The summed E-state index contributed by atoms with van der Waals surface area (Å²) >= 11 is 11.8. The second-order valence-corrected chi connectivity index (χ2v) is 6.10. The van der Waals surface area contributed by atoms with Crippen LogP contribution in [0.5, 0.6) is 0 Å². The maximum atomic E-state index is 12.1. The summed E-state index contributed by atoms with van der Waals surface area (Å²) in [6.07, 6.45) is -0.316. The van der Waals surface area contributed by atoms with Crippen molar-refractivity contribution in [2.45, 2.75) is 6.61 Å². The molecule has 1 saturated heterocycles. The number of rotatable bonds is 3. The minimum absolute atomic E-state index is 0.271. The SMILES string of the molecule is O=C(OCc1ccccc1)N1CCN(c2nc(Cl)cc(Cl)n2)CC1. The first-order chi connectivity index (χ1) is 11.6. The highest BCUT2D eigenvalue weighted by atomic mass is 35.5. The molecule has 126 valence electrons. The molecule has 0 saturated carbocycles. The number of carbonyl (C=O) groups excluding carboxylic acids is 1. The third kappa shape index (κ3) is 4.27. The van der Waals surface area contributed by atoms with Gasteiger partial charge in [-0.15, -0.1) is 0 Å². The fraction of sp³-hybridized carbons (Fsp3) is 0.312. The summed E-state index contributed by atoms with van der Waals surface area (Å²) in [5, 5.41) is 0.601. The average molecular weight is 367 g/mol. The standard InChI is InChI=1S/C16H16Cl2N4O2/c17-13-10-14(18)20-15(19-13)21-6-8-22(9-7-21)16(23)24-11-12-4-2-1-3-5-12/h1-5,10H,6-9,11H2. The molecule has 3 rings (SSSR count). The molecule has 1 aromatic heterocycles. The molecule has 0 radical (unpaired) electrons. The van der Waals surface area contributed by atoms with Gasteiger partial charge in [-0.05, 0) is 5.56 Å². The highest BCUT2D eigenvalue weighted by Gasteiger charge is 2.24. The van der Waals surface area contributed by atoms with Crippen LogP contribution in [0, 0.1) is 0 Å². The summed E-state index contributed by atoms with van der Waals surface area (Å²) in [6.45, 7) is 2.52. The molecule has 2 heterocycles. The Kier molecular flexibility index (Phi) is 5.37. The van der Waals surface area contributed by atoms with Crippen LogP contribution in [0.25, 0.3) is 0 Å². The van der Waals surface area contributed by atoms with Crippen LogP contribution in [-0.4, -0.2) is 47.1 Å². The Balaban J connectivity index is 1.52. The molecule has 0 spiro atoms. The van der Waals surface area contributed by atoms with Crippen molar-refractivity contribution < 1.29 is 9.53 Å². The Morgan fingerprint density at radius 3 is 2.29 bits per heavy atom. The average Bonchev–Trinajstić information content (AvgIpc) is 2.60. The largest absolute Gasteiger partial charge is 0.445 e. The molecular formula is C16H16Cl2N4O2. The number of carbonyl (C=O) groups is 1. The molecule has 8 heteroatoms. The Bertz CT molecular complexity index is 686. The lowest BCUT2D eigenvalue weighted by Gasteiger charge is -2.34. The van der Waals surface area contributed by atoms with Gasteiger partial charge in [0.15, 0.2) is 0 Å². The van der Waals surface area contributed by atoms with Crippen LogP contribution in [0.1, 0.15) is 5.56 Å². The first-order valence-corrected chi connectivity index (χ1v) is 8.28. The van der Waals surface area contributed by atoms with Crippen LogP contribution in [0.4, 0.5) is 10.7 Å². The normalized spacial score (nSPS) is 14.6. The summed E-state index contributed by atoms with van der Waals surface area (Å²) in [4.78, 5) is 24.1. The Morgan fingerprint density at radius 2 is 1.67 bits per heavy atom. The summed E-state index contributed by atoms with van der Waals surface area (Å²) in [5.74, 6) is 0.477. The van der Waals surface area contributed by atoms with E-state index >= 15 is 0 Å². The predicted molar refractivity (Wildman–Crippen MR) is 92.5 cm³/mol. The Morgan fingerprint density at radius 1 is 1.04 bits per heavy atom. The van der Waals surface area contributed by atoms with E-state index in [1.54, 1.807) is 4.90 Å². The first-order valence-electron chi connectivity index (χ1n) is 7.52. The first kappa shape index (κ1) is 16.8. The van der Waals surface area contributed by atoms with Crippen molar-refractivity contribution in [3.63, 3.8) is 0 Å². The summed E-state index contributed by atoms with van der Waals surface area (Å²) < 4.78 is 5.34. The van der Waals surface area contributed by atoms with Crippen molar-refractivity contribution in [3.8, 4) is 0 Å². The van der Waals surface area contributed by atoms with E-state index in [2.05, 4.69) is 9.97 Å². The van der Waals surface area contributed by atoms with Crippen molar-refractivity contribution in [3.05, 3.63) is 52.3 Å². The fourth-order valence-corrected chi connectivity index (χ4v) is 2.83. The summed E-state index contributed by atoms with van der Waals surface area (Å²) in [5.41, 5.74) is 0.964. The number of hydrogen-bond donors (Lipinski definition) is 0. The number of piperazine rings is 1. The molecule has 0 aliphatic carbocycles. The van der Waals surface area contributed by atoms with Crippen molar-refractivity contribution >= 4 is 35.2 Å². The van der Waals surface area contributed by atoms with Gasteiger partial charge in [-0.2, -0.15) is 0 Å². The third-order valence-electron chi connectivity index (χ3n) is 3.68. The van der Waals surface area contributed by atoms with E-state index < -0.39 is 0 Å². The van der Waals surface area contributed by atoms with Gasteiger partial charge in [-0.3, -0.25) is 0 Å². The lowest BCUT2D eigenvalue weighted by Crippen LogP contribution is -2.49. The zero-order chi connectivity index (χ0) is 16.9. The highest BCUT2D eigenvalue weighted by Crippen LogP contribution is 2.18. The van der Waals surface area contributed by atoms with Gasteiger partial charge in [0.05, 0.1) is 0 Å².